The molecule has 1 aromatic heterocycles. The summed E-state index contributed by atoms with van der Waals surface area (Å²) in [5, 5.41) is 44.7. The predicted molar refractivity (Wildman–Crippen MR) is 291 cm³/mol. The van der Waals surface area contributed by atoms with E-state index in [-0.39, 0.29) is 134 Å². The van der Waals surface area contributed by atoms with Crippen LogP contribution in [0.4, 0.5) is 4.79 Å². The van der Waals surface area contributed by atoms with Gasteiger partial charge >= 0.3 is 6.09 Å². The van der Waals surface area contributed by atoms with Crippen molar-refractivity contribution in [2.75, 3.05) is 52.7 Å². The van der Waals surface area contributed by atoms with E-state index < -0.39 is 85.7 Å². The van der Waals surface area contributed by atoms with Gasteiger partial charge in [-0.2, -0.15) is 5.26 Å². The van der Waals surface area contributed by atoms with E-state index in [1.807, 2.05) is 48.5 Å². The maximum Gasteiger partial charge on any atom is 0.409 e. The van der Waals surface area contributed by atoms with E-state index >= 15 is 0 Å². The Bertz CT molecular complexity index is 3500. The van der Waals surface area contributed by atoms with Crippen LogP contribution in [0.15, 0.2) is 83.9 Å². The van der Waals surface area contributed by atoms with Gasteiger partial charge < -0.3 is 51.2 Å². The number of aromatic hydroxyl groups is 2. The van der Waals surface area contributed by atoms with Gasteiger partial charge in [-0.05, 0) is 86.4 Å². The van der Waals surface area contributed by atoms with E-state index in [4.69, 9.17) is 9.47 Å². The number of phenolic OH excluding ortho intramolecular Hbond substituents is 2. The molecule has 0 radical (unpaired) electrons. The molecule has 0 spiro atoms. The molecule has 81 heavy (non-hydrogen) atoms. The van der Waals surface area contributed by atoms with Gasteiger partial charge in [0, 0.05) is 73.9 Å². The van der Waals surface area contributed by atoms with E-state index in [0.717, 1.165) is 34.6 Å². The number of aromatic nitrogens is 1. The number of nitrogens with zero attached hydrogens (tertiary/aromatic N) is 3. The number of benzene rings is 4. The number of amides is 6. The molecule has 422 valence electrons. The second-order valence-electron chi connectivity index (χ2n) is 19.9. The van der Waals surface area contributed by atoms with Crippen LogP contribution in [-0.4, -0.2) is 140 Å². The number of rotatable bonds is 21. The Morgan fingerprint density at radius 2 is 1.37 bits per heavy atom. The molecule has 0 saturated carbocycles. The van der Waals surface area contributed by atoms with Crippen molar-refractivity contribution in [3.05, 3.63) is 135 Å². The topological polar surface area (TPSA) is 330 Å². The Morgan fingerprint density at radius 1 is 0.753 bits per heavy atom. The van der Waals surface area contributed by atoms with Crippen molar-refractivity contribution >= 4 is 57.0 Å². The monoisotopic (exact) mass is 1120 g/mol. The number of nitrogens with one attached hydrogen (secondary N) is 5. The Labute approximate surface area is 466 Å². The van der Waals surface area contributed by atoms with Crippen LogP contribution in [0, 0.1) is 17.2 Å². The molecule has 3 aliphatic carbocycles. The number of sulfone groups is 1. The minimum absolute atomic E-state index is 0.00484. The van der Waals surface area contributed by atoms with Crippen LogP contribution in [0.5, 0.6) is 17.2 Å². The average Bonchev–Trinajstić information content (AvgIpc) is 3.78. The highest BCUT2D eigenvalue weighted by atomic mass is 32.2. The number of hydrogen-bond donors (Lipinski definition) is 7. The van der Waals surface area contributed by atoms with E-state index in [2.05, 4.69) is 31.6 Å². The van der Waals surface area contributed by atoms with E-state index in [9.17, 15) is 62.2 Å². The number of pyridine rings is 1. The molecule has 0 saturated heterocycles. The summed E-state index contributed by atoms with van der Waals surface area (Å²) < 4.78 is 35.4. The number of carbonyl (C=O) groups is 8. The Balaban J connectivity index is 0.826. The second-order valence-corrected chi connectivity index (χ2v) is 21.9. The summed E-state index contributed by atoms with van der Waals surface area (Å²) in [4.78, 5) is 112. The second kappa shape index (κ2) is 24.9. The first-order chi connectivity index (χ1) is 38.7. The zero-order chi connectivity index (χ0) is 58.3. The normalized spacial score (nSPS) is 14.7. The molecule has 23 heteroatoms. The molecule has 7 N–H and O–H groups in total. The molecule has 5 aromatic rings. The van der Waals surface area contributed by atoms with E-state index in [1.165, 1.54) is 44.1 Å². The molecule has 3 aliphatic rings. The number of nitriles is 1. The van der Waals surface area contributed by atoms with Crippen LogP contribution < -0.4 is 31.3 Å². The van der Waals surface area contributed by atoms with Crippen LogP contribution in [-0.2, 0) is 46.6 Å². The lowest BCUT2D eigenvalue weighted by Gasteiger charge is -2.29. The molecule has 0 bridgehead atoms. The fourth-order valence-corrected chi connectivity index (χ4v) is 11.1. The van der Waals surface area contributed by atoms with Gasteiger partial charge in [0.1, 0.15) is 47.7 Å². The lowest BCUT2D eigenvalue weighted by molar-refractivity contribution is -0.131. The third-order valence-corrected chi connectivity index (χ3v) is 15.5. The molecule has 22 nitrogen and oxygen atoms in total. The summed E-state index contributed by atoms with van der Waals surface area (Å²) >= 11 is 0. The van der Waals surface area contributed by atoms with Crippen molar-refractivity contribution in [3.8, 4) is 34.4 Å². The Kier molecular flexibility index (Phi) is 17.8. The maximum atomic E-state index is 13.9. The van der Waals surface area contributed by atoms with Crippen molar-refractivity contribution in [2.24, 2.45) is 5.92 Å². The number of ether oxygens (including phenoxy) is 2. The highest BCUT2D eigenvalue weighted by molar-refractivity contribution is 7.90. The quantitative estimate of drug-likeness (QED) is 0.0399. The number of fused-ring (bicyclic) bond motifs is 6. The lowest BCUT2D eigenvalue weighted by atomic mass is 9.75. The smallest absolute Gasteiger partial charge is 0.409 e. The predicted octanol–water partition coefficient (Wildman–Crippen LogP) is 3.75. The van der Waals surface area contributed by atoms with Gasteiger partial charge in [-0.25, -0.2) is 18.2 Å². The van der Waals surface area contributed by atoms with Gasteiger partial charge in [-0.15, -0.1) is 0 Å². The third kappa shape index (κ3) is 12.5. The molecular formula is C58H60N8O14S. The van der Waals surface area contributed by atoms with E-state index in [1.54, 1.807) is 12.1 Å². The summed E-state index contributed by atoms with van der Waals surface area (Å²) in [6.07, 6.45) is 0.925. The van der Waals surface area contributed by atoms with Gasteiger partial charge in [0.2, 0.25) is 29.4 Å². The average molecular weight is 1130 g/mol. The number of ketones is 2. The third-order valence-electron chi connectivity index (χ3n) is 14.5. The minimum atomic E-state index is -3.91. The van der Waals surface area contributed by atoms with Crippen molar-refractivity contribution in [1.29, 1.82) is 5.26 Å². The Hall–Kier alpha value is -9.17. The molecule has 4 aromatic carbocycles. The fourth-order valence-electron chi connectivity index (χ4n) is 10.4. The van der Waals surface area contributed by atoms with Crippen molar-refractivity contribution in [2.45, 2.75) is 75.4 Å². The molecule has 1 unspecified atom stereocenters. The number of methoxy groups -OCH3 is 1. The van der Waals surface area contributed by atoms with Gasteiger partial charge in [0.15, 0.2) is 20.6 Å². The van der Waals surface area contributed by atoms with Gasteiger partial charge in [-0.3, -0.25) is 33.6 Å². The summed E-state index contributed by atoms with van der Waals surface area (Å²) in [6.45, 7) is 3.20. The molecular weight excluding hydrogens is 1060 g/mol. The first kappa shape index (κ1) is 58.0. The van der Waals surface area contributed by atoms with Gasteiger partial charge in [0.25, 0.3) is 5.91 Å². The fraction of sp³-hybridized carbons (Fsp3) is 0.345. The van der Waals surface area contributed by atoms with E-state index in [0.29, 0.717) is 6.42 Å². The first-order valence-corrected chi connectivity index (χ1v) is 28.1. The summed E-state index contributed by atoms with van der Waals surface area (Å²) in [6, 6.07) is 22.2. The molecule has 0 fully saturated rings. The van der Waals surface area contributed by atoms with Crippen LogP contribution in [0.2, 0.25) is 0 Å². The van der Waals surface area contributed by atoms with Crippen LogP contribution in [0.1, 0.15) is 116 Å². The zero-order valence-corrected chi connectivity index (χ0v) is 45.7. The maximum absolute atomic E-state index is 13.9. The lowest BCUT2D eigenvalue weighted by Crippen LogP contribution is -2.52. The van der Waals surface area contributed by atoms with Crippen LogP contribution in [0.25, 0.3) is 11.1 Å². The number of phenols is 2. The standard InChI is InChI=1S/C58H60N8O14S/c1-31(64-54(73)32(2)63-45(67)22-25-62-56(75)43-21-19-34(29-59)57(65-43)81(4,77)78)53(72)60-23-10-26-66(58(76)80-30-42-37-14-7-5-12-35(37)36-13-6-8-15-38(36)42)27-11-24-61-55(74)33-18-20-39-41(28-33)51(70)47-48(49(39)68)52(71)46-40(50(47)69)16-9-17-44(46)79-3/h5-9,12-17,19,21,31-33,42,68,70H,10-11,18,20,22-28,30H2,1-4H3,(H,60,72)(H,61,74)(H,62,75)(H,63,67)(H,64,73)/t31?,32-,33-/m0/s1. The number of carbonyl (C=O) groups excluding carboxylic acids is 8. The first-order valence-electron chi connectivity index (χ1n) is 26.2. The van der Waals surface area contributed by atoms with Gasteiger partial charge in [0.05, 0.1) is 29.4 Å². The summed E-state index contributed by atoms with van der Waals surface area (Å²) in [7, 11) is -2.55. The molecule has 8 rings (SSSR count). The minimum Gasteiger partial charge on any atom is -0.507 e. The van der Waals surface area contributed by atoms with Crippen molar-refractivity contribution in [1.82, 2.24) is 36.5 Å². The zero-order valence-electron chi connectivity index (χ0n) is 44.8. The SMILES string of the molecule is COc1cccc2c1C(=O)c1c(O)c3c(c(O)c1C2=O)C[C@@H](C(=O)NCCCN(CCCNC(=O)C(C)NC(=O)[C@H](C)NC(=O)CCNC(=O)c1ccc(C#N)c(S(C)(=O)=O)n1)C(=O)OCC1c2ccccc2-c2ccccc21)CC3. The van der Waals surface area contributed by atoms with Gasteiger partial charge in [-0.1, -0.05) is 60.7 Å². The molecule has 0 aliphatic heterocycles. The molecule has 6 amide bonds. The highest BCUT2D eigenvalue weighted by Crippen LogP contribution is 2.48. The Morgan fingerprint density at radius 3 is 2.02 bits per heavy atom. The summed E-state index contributed by atoms with van der Waals surface area (Å²) in [5.74, 6) is -5.88. The highest BCUT2D eigenvalue weighted by Gasteiger charge is 2.41. The van der Waals surface area contributed by atoms with Crippen molar-refractivity contribution < 1.29 is 66.5 Å². The summed E-state index contributed by atoms with van der Waals surface area (Å²) in [5.41, 5.74) is 3.54. The van der Waals surface area contributed by atoms with Crippen LogP contribution in [0.3, 0.4) is 0 Å². The van der Waals surface area contributed by atoms with Crippen LogP contribution >= 0.6 is 0 Å². The molecule has 3 atom stereocenters. The number of hydrogen-bond acceptors (Lipinski definition) is 16. The largest absolute Gasteiger partial charge is 0.507 e. The molecule has 1 heterocycles. The van der Waals surface area contributed by atoms with Crippen molar-refractivity contribution in [3.63, 3.8) is 0 Å².